The average molecular weight is 442 g/mol. The van der Waals surface area contributed by atoms with Gasteiger partial charge in [-0.1, -0.05) is 13.8 Å². The van der Waals surface area contributed by atoms with Gasteiger partial charge in [-0.3, -0.25) is 19.7 Å². The molecule has 1 aliphatic heterocycles. The third kappa shape index (κ3) is 6.13. The fraction of sp³-hybridized carbons (Fsp3) is 0.556. The summed E-state index contributed by atoms with van der Waals surface area (Å²) < 4.78 is 31.6. The van der Waals surface area contributed by atoms with Gasteiger partial charge in [-0.2, -0.15) is 4.72 Å². The standard InChI is InChI=1S/C18H26N4O7S/c1-12-6-13(2)10-21(9-12)17(23)11-29-18(24)8-20-30(27,28)14-4-5-15(19-3)16(7-14)22(25)26/h4-5,7,12-13,19-20H,6,8-11H2,1-3H3. The highest BCUT2D eigenvalue weighted by molar-refractivity contribution is 7.89. The molecule has 2 atom stereocenters. The van der Waals surface area contributed by atoms with Gasteiger partial charge in [-0.25, -0.2) is 8.42 Å². The fourth-order valence-electron chi connectivity index (χ4n) is 3.43. The lowest BCUT2D eigenvalue weighted by Gasteiger charge is -2.34. The zero-order valence-electron chi connectivity index (χ0n) is 17.1. The Bertz CT molecular complexity index is 909. The summed E-state index contributed by atoms with van der Waals surface area (Å²) in [6.45, 7) is 4.10. The Morgan fingerprint density at radius 3 is 2.47 bits per heavy atom. The molecule has 166 valence electrons. The van der Waals surface area contributed by atoms with E-state index in [-0.39, 0.29) is 16.5 Å². The van der Waals surface area contributed by atoms with Crippen LogP contribution in [0.3, 0.4) is 0 Å². The van der Waals surface area contributed by atoms with Crippen molar-refractivity contribution in [1.82, 2.24) is 9.62 Å². The molecule has 30 heavy (non-hydrogen) atoms. The number of likely N-dealkylation sites (tertiary alicyclic amines) is 1. The number of nitrogens with zero attached hydrogens (tertiary/aromatic N) is 2. The Labute approximate surface area is 175 Å². The number of anilines is 1. The van der Waals surface area contributed by atoms with E-state index in [2.05, 4.69) is 5.32 Å². The first-order valence-electron chi connectivity index (χ1n) is 9.42. The minimum atomic E-state index is -4.19. The van der Waals surface area contributed by atoms with E-state index in [0.29, 0.717) is 24.9 Å². The predicted octanol–water partition coefficient (Wildman–Crippen LogP) is 0.963. The van der Waals surface area contributed by atoms with E-state index in [1.807, 2.05) is 18.6 Å². The normalized spacial score (nSPS) is 19.2. The number of rotatable bonds is 8. The van der Waals surface area contributed by atoms with Crippen LogP contribution in [0.25, 0.3) is 0 Å². The van der Waals surface area contributed by atoms with E-state index in [1.165, 1.54) is 19.2 Å². The number of nitro benzene ring substituents is 1. The van der Waals surface area contributed by atoms with Gasteiger partial charge in [-0.05, 0) is 30.4 Å². The van der Waals surface area contributed by atoms with Crippen LogP contribution in [0.2, 0.25) is 0 Å². The Balaban J connectivity index is 1.91. The second kappa shape index (κ2) is 9.85. The van der Waals surface area contributed by atoms with E-state index in [4.69, 9.17) is 4.74 Å². The van der Waals surface area contributed by atoms with Gasteiger partial charge in [0, 0.05) is 26.2 Å². The number of hydrogen-bond acceptors (Lipinski definition) is 8. The highest BCUT2D eigenvalue weighted by atomic mass is 32.2. The van der Waals surface area contributed by atoms with Crippen molar-refractivity contribution in [2.45, 2.75) is 25.2 Å². The summed E-state index contributed by atoms with van der Waals surface area (Å²) in [5.74, 6) is -0.536. The third-order valence-electron chi connectivity index (χ3n) is 4.73. The Morgan fingerprint density at radius 1 is 1.27 bits per heavy atom. The molecule has 2 unspecified atom stereocenters. The number of ether oxygens (including phenoxy) is 1. The number of piperidine rings is 1. The lowest BCUT2D eigenvalue weighted by atomic mass is 9.92. The van der Waals surface area contributed by atoms with Crippen molar-refractivity contribution >= 4 is 33.3 Å². The van der Waals surface area contributed by atoms with Gasteiger partial charge in [0.1, 0.15) is 12.2 Å². The van der Waals surface area contributed by atoms with Crippen molar-refractivity contribution in [1.29, 1.82) is 0 Å². The SMILES string of the molecule is CNc1ccc(S(=O)(=O)NCC(=O)OCC(=O)N2CC(C)CC(C)C2)cc1[N+](=O)[O-]. The first kappa shape index (κ1) is 23.5. The molecule has 11 nitrogen and oxygen atoms in total. The van der Waals surface area contributed by atoms with E-state index < -0.39 is 39.8 Å². The number of nitrogens with one attached hydrogen (secondary N) is 2. The van der Waals surface area contributed by atoms with Gasteiger partial charge < -0.3 is 15.0 Å². The maximum Gasteiger partial charge on any atom is 0.321 e. The summed E-state index contributed by atoms with van der Waals surface area (Å²) in [5, 5.41) is 13.7. The smallest absolute Gasteiger partial charge is 0.321 e. The number of hydrogen-bond donors (Lipinski definition) is 2. The number of nitro groups is 1. The van der Waals surface area contributed by atoms with Crippen LogP contribution in [0.5, 0.6) is 0 Å². The quantitative estimate of drug-likeness (QED) is 0.344. The van der Waals surface area contributed by atoms with Crippen molar-refractivity contribution in [3.63, 3.8) is 0 Å². The molecule has 0 radical (unpaired) electrons. The molecule has 1 fully saturated rings. The number of carbonyl (C=O) groups is 2. The first-order chi connectivity index (χ1) is 14.0. The molecule has 0 aromatic heterocycles. The topological polar surface area (TPSA) is 148 Å². The summed E-state index contributed by atoms with van der Waals surface area (Å²) >= 11 is 0. The van der Waals surface area contributed by atoms with Crippen LogP contribution < -0.4 is 10.0 Å². The van der Waals surface area contributed by atoms with Crippen LogP contribution in [0, 0.1) is 22.0 Å². The Kier molecular flexibility index (Phi) is 7.73. The van der Waals surface area contributed by atoms with Crippen molar-refractivity contribution in [3.8, 4) is 0 Å². The van der Waals surface area contributed by atoms with Crippen LogP contribution in [0.4, 0.5) is 11.4 Å². The van der Waals surface area contributed by atoms with Crippen LogP contribution >= 0.6 is 0 Å². The highest BCUT2D eigenvalue weighted by Gasteiger charge is 2.26. The van der Waals surface area contributed by atoms with Gasteiger partial charge >= 0.3 is 5.97 Å². The van der Waals surface area contributed by atoms with Crippen molar-refractivity contribution in [2.75, 3.05) is 38.6 Å². The Morgan fingerprint density at radius 2 is 1.90 bits per heavy atom. The van der Waals surface area contributed by atoms with Crippen molar-refractivity contribution in [3.05, 3.63) is 28.3 Å². The second-order valence-corrected chi connectivity index (χ2v) is 9.18. The number of benzene rings is 1. The zero-order chi connectivity index (χ0) is 22.5. The average Bonchev–Trinajstić information content (AvgIpc) is 2.69. The molecule has 0 aliphatic carbocycles. The van der Waals surface area contributed by atoms with E-state index >= 15 is 0 Å². The van der Waals surface area contributed by atoms with E-state index in [0.717, 1.165) is 12.5 Å². The van der Waals surface area contributed by atoms with Crippen molar-refractivity contribution in [2.24, 2.45) is 11.8 Å². The Hall–Kier alpha value is -2.73. The van der Waals surface area contributed by atoms with Gasteiger partial charge in [0.25, 0.3) is 11.6 Å². The maximum atomic E-state index is 12.3. The summed E-state index contributed by atoms with van der Waals surface area (Å²) in [6, 6.07) is 3.32. The minimum absolute atomic E-state index is 0.151. The van der Waals surface area contributed by atoms with Crippen LogP contribution in [-0.2, 0) is 24.3 Å². The van der Waals surface area contributed by atoms with E-state index in [1.54, 1.807) is 4.90 Å². The zero-order valence-corrected chi connectivity index (χ0v) is 17.9. The van der Waals surface area contributed by atoms with Gasteiger partial charge in [0.15, 0.2) is 6.61 Å². The molecular formula is C18H26N4O7S. The summed E-state index contributed by atoms with van der Waals surface area (Å²) in [7, 11) is -2.72. The maximum absolute atomic E-state index is 12.3. The van der Waals surface area contributed by atoms with Gasteiger partial charge in [0.05, 0.1) is 9.82 Å². The molecule has 1 saturated heterocycles. The molecule has 1 aromatic carbocycles. The van der Waals surface area contributed by atoms with Crippen LogP contribution in [0.1, 0.15) is 20.3 Å². The molecule has 1 amide bonds. The second-order valence-electron chi connectivity index (χ2n) is 7.42. The van der Waals surface area contributed by atoms with Crippen LogP contribution in [-0.4, -0.2) is 63.4 Å². The highest BCUT2D eigenvalue weighted by Crippen LogP contribution is 2.27. The van der Waals surface area contributed by atoms with Crippen molar-refractivity contribution < 1.29 is 27.7 Å². The number of amides is 1. The monoisotopic (exact) mass is 442 g/mol. The molecule has 0 bridgehead atoms. The molecule has 1 aliphatic rings. The lowest BCUT2D eigenvalue weighted by molar-refractivity contribution is -0.384. The molecule has 0 spiro atoms. The predicted molar refractivity (Wildman–Crippen MR) is 108 cm³/mol. The summed E-state index contributed by atoms with van der Waals surface area (Å²) in [6.07, 6.45) is 1.03. The molecule has 1 heterocycles. The molecule has 1 aromatic rings. The molecule has 2 N–H and O–H groups in total. The number of carbonyl (C=O) groups excluding carboxylic acids is 2. The molecular weight excluding hydrogens is 416 g/mol. The third-order valence-corrected chi connectivity index (χ3v) is 6.13. The van der Waals surface area contributed by atoms with Crippen LogP contribution in [0.15, 0.2) is 23.1 Å². The van der Waals surface area contributed by atoms with E-state index in [9.17, 15) is 28.1 Å². The lowest BCUT2D eigenvalue weighted by Crippen LogP contribution is -2.44. The minimum Gasteiger partial charge on any atom is -0.455 e. The van der Waals surface area contributed by atoms with Gasteiger partial charge in [-0.15, -0.1) is 0 Å². The number of sulfonamides is 1. The van der Waals surface area contributed by atoms with Gasteiger partial charge in [0.2, 0.25) is 10.0 Å². The molecule has 2 rings (SSSR count). The summed E-state index contributed by atoms with van der Waals surface area (Å²) in [4.78, 5) is 35.7. The number of esters is 1. The summed E-state index contributed by atoms with van der Waals surface area (Å²) in [5.41, 5.74) is -0.267. The first-order valence-corrected chi connectivity index (χ1v) is 10.9. The molecule has 0 saturated carbocycles. The fourth-order valence-corrected chi connectivity index (χ4v) is 4.42. The molecule has 12 heteroatoms. The largest absolute Gasteiger partial charge is 0.455 e.